The molecule has 12 N–H and O–H groups in total. The fourth-order valence-electron chi connectivity index (χ4n) is 8.61. The van der Waals surface area contributed by atoms with E-state index >= 15 is 0 Å². The first-order valence-electron chi connectivity index (χ1n) is 20.7. The Labute approximate surface area is 361 Å². The van der Waals surface area contributed by atoms with E-state index in [0.717, 1.165) is 27.8 Å². The molecule has 6 unspecified atom stereocenters. The number of nitrogens with two attached hydrogens (primary N) is 1. The van der Waals surface area contributed by atoms with Crippen LogP contribution in [0.25, 0.3) is 11.1 Å². The lowest BCUT2D eigenvalue weighted by Gasteiger charge is -2.49. The second-order valence-electron chi connectivity index (χ2n) is 16.1. The molecule has 7 rings (SSSR count). The molecule has 0 spiro atoms. The highest BCUT2D eigenvalue weighted by Gasteiger charge is 2.53. The number of aliphatic hydroxyl groups is 7. The number of benzene rings is 3. The van der Waals surface area contributed by atoms with Crippen LogP contribution in [0.5, 0.6) is 0 Å². The smallest absolute Gasteiger partial charge is 0.407 e. The number of alkyl carbamates (subject to hydrolysis) is 2. The highest BCUT2D eigenvalue weighted by molar-refractivity contribution is 5.79. The highest BCUT2D eigenvalue weighted by Crippen LogP contribution is 2.44. The van der Waals surface area contributed by atoms with Gasteiger partial charge in [0, 0.05) is 25.4 Å². The zero-order valence-electron chi connectivity index (χ0n) is 34.2. The van der Waals surface area contributed by atoms with Gasteiger partial charge in [-0.15, -0.1) is 0 Å². The molecule has 20 heteroatoms. The minimum Gasteiger partial charge on any atom is -0.449 e. The van der Waals surface area contributed by atoms with E-state index in [1.54, 1.807) is 30.3 Å². The number of carbonyl (C=O) groups is 3. The largest absolute Gasteiger partial charge is 0.449 e. The second kappa shape index (κ2) is 20.4. The normalized spacial score (nSPS) is 34.0. The molecule has 63 heavy (non-hydrogen) atoms. The summed E-state index contributed by atoms with van der Waals surface area (Å²) in [4.78, 5) is 38.0. The predicted octanol–water partition coefficient (Wildman–Crippen LogP) is -1.57. The van der Waals surface area contributed by atoms with Gasteiger partial charge in [-0.2, -0.15) is 0 Å². The van der Waals surface area contributed by atoms with Crippen LogP contribution in [-0.4, -0.2) is 165 Å². The number of rotatable bonds is 13. The number of aliphatic hydroxyl groups excluding tert-OH is 7. The van der Waals surface area contributed by atoms with E-state index in [-0.39, 0.29) is 25.6 Å². The van der Waals surface area contributed by atoms with Crippen LogP contribution in [0.2, 0.25) is 0 Å². The Bertz CT molecular complexity index is 1990. The number of amides is 3. The summed E-state index contributed by atoms with van der Waals surface area (Å²) < 4.78 is 34.4. The molecule has 342 valence electrons. The average molecular weight is 883 g/mol. The number of fused-ring (bicyclic) bond motifs is 3. The molecule has 3 amide bonds. The molecule has 4 aliphatic rings. The summed E-state index contributed by atoms with van der Waals surface area (Å²) in [6.07, 6.45) is -22.0. The summed E-state index contributed by atoms with van der Waals surface area (Å²) in [5.41, 5.74) is 11.1. The maximum atomic E-state index is 13.3. The summed E-state index contributed by atoms with van der Waals surface area (Å²) in [5.74, 6) is -0.832. The minimum atomic E-state index is -1.90. The third kappa shape index (κ3) is 10.3. The Morgan fingerprint density at radius 3 is 1.94 bits per heavy atom. The van der Waals surface area contributed by atoms with E-state index in [2.05, 4.69) is 16.0 Å². The van der Waals surface area contributed by atoms with Crippen LogP contribution in [-0.2, 0) is 39.8 Å². The summed E-state index contributed by atoms with van der Waals surface area (Å²) >= 11 is 0. The molecule has 2 aliphatic heterocycles. The van der Waals surface area contributed by atoms with Crippen molar-refractivity contribution in [2.75, 3.05) is 19.8 Å². The van der Waals surface area contributed by atoms with Gasteiger partial charge >= 0.3 is 12.2 Å². The van der Waals surface area contributed by atoms with Crippen LogP contribution in [0.1, 0.15) is 36.0 Å². The lowest BCUT2D eigenvalue weighted by atomic mass is 9.83. The van der Waals surface area contributed by atoms with Crippen molar-refractivity contribution in [2.24, 2.45) is 5.73 Å². The molecule has 3 aromatic rings. The lowest BCUT2D eigenvalue weighted by molar-refractivity contribution is -0.333. The Morgan fingerprint density at radius 2 is 1.29 bits per heavy atom. The first kappa shape index (κ1) is 46.2. The summed E-state index contributed by atoms with van der Waals surface area (Å²) in [6.45, 7) is -0.107. The standard InChI is InChI=1S/C43H54N4O16/c1-20(49)46-28-15-27(44)38(37(55)39(28)63-41-36(54)35(53)33(51)29(60-41)16-45-42(56)58-18-21-9-3-2-4-10-21)62-40-34(52)31(32(50)30(17-48)61-40)47-43(57)59-19-26-24-13-7-5-11-22(24)23-12-6-8-14-25(23)26/h2-14,26-41,48,50-55H,15-19,44H2,1H3,(H,45,56)(H,46,49)(H,47,57)/t27-,28?,29?,30?,31+,32-,33+,34?,35?,36-,37?,38+,39+,40-,41+/m1/s1. The number of ether oxygens (including phenoxy) is 6. The quantitative estimate of drug-likeness (QED) is 0.0925. The number of nitrogens with one attached hydrogen (secondary N) is 3. The molecule has 15 atom stereocenters. The van der Waals surface area contributed by atoms with E-state index in [1.807, 2.05) is 48.5 Å². The second-order valence-corrected chi connectivity index (χ2v) is 16.1. The SMILES string of the molecule is CC(=O)NC1C[C@@H](N)[C@H](O[C@H]2OC(CO)[C@@H](O)[C@H](NC(=O)OCC3c4ccccc4-c4ccccc43)C2O)C(O)[C@H]1O[C@@H]1OC(CNC(=O)OCc2ccccc2)[C@H](O)C(O)[C@H]1O. The summed E-state index contributed by atoms with van der Waals surface area (Å²) in [7, 11) is 0. The molecular weight excluding hydrogens is 828 g/mol. The highest BCUT2D eigenvalue weighted by atomic mass is 16.7. The fraction of sp³-hybridized carbons (Fsp3) is 0.512. The maximum Gasteiger partial charge on any atom is 0.407 e. The maximum absolute atomic E-state index is 13.3. The molecule has 3 fully saturated rings. The molecule has 20 nitrogen and oxygen atoms in total. The zero-order valence-corrected chi connectivity index (χ0v) is 34.2. The third-order valence-electron chi connectivity index (χ3n) is 11.8. The average Bonchev–Trinajstić information content (AvgIpc) is 3.60. The number of hydrogen-bond donors (Lipinski definition) is 11. The van der Waals surface area contributed by atoms with Crippen molar-refractivity contribution in [1.29, 1.82) is 0 Å². The molecule has 0 aromatic heterocycles. The van der Waals surface area contributed by atoms with Gasteiger partial charge in [-0.05, 0) is 34.2 Å². The van der Waals surface area contributed by atoms with Crippen LogP contribution in [0.3, 0.4) is 0 Å². The molecule has 2 heterocycles. The molecule has 2 saturated heterocycles. The van der Waals surface area contributed by atoms with Gasteiger partial charge in [-0.3, -0.25) is 4.79 Å². The topological polar surface area (TPSA) is 310 Å². The van der Waals surface area contributed by atoms with Crippen LogP contribution in [0.15, 0.2) is 78.9 Å². The van der Waals surface area contributed by atoms with Crippen LogP contribution in [0, 0.1) is 0 Å². The Morgan fingerprint density at radius 1 is 0.683 bits per heavy atom. The van der Waals surface area contributed by atoms with Gasteiger partial charge in [0.1, 0.15) is 74.3 Å². The van der Waals surface area contributed by atoms with Crippen LogP contribution >= 0.6 is 0 Å². The van der Waals surface area contributed by atoms with Crippen molar-refractivity contribution in [1.82, 2.24) is 16.0 Å². The predicted molar refractivity (Wildman–Crippen MR) is 217 cm³/mol. The molecule has 1 saturated carbocycles. The molecular formula is C43H54N4O16. The van der Waals surface area contributed by atoms with Crippen LogP contribution < -0.4 is 21.7 Å². The third-order valence-corrected chi connectivity index (χ3v) is 11.8. The van der Waals surface area contributed by atoms with Gasteiger partial charge in [0.25, 0.3) is 0 Å². The first-order chi connectivity index (χ1) is 30.2. The van der Waals surface area contributed by atoms with Gasteiger partial charge in [0.2, 0.25) is 5.91 Å². The Balaban J connectivity index is 1.01. The van der Waals surface area contributed by atoms with Crippen molar-refractivity contribution in [3.63, 3.8) is 0 Å². The minimum absolute atomic E-state index is 0.0524. The van der Waals surface area contributed by atoms with E-state index in [4.69, 9.17) is 34.2 Å². The Kier molecular flexibility index (Phi) is 14.9. The van der Waals surface area contributed by atoms with Gasteiger partial charge in [0.05, 0.1) is 18.7 Å². The van der Waals surface area contributed by atoms with Crippen molar-refractivity contribution >= 4 is 18.1 Å². The molecule has 3 aromatic carbocycles. The van der Waals surface area contributed by atoms with Crippen molar-refractivity contribution in [3.05, 3.63) is 95.6 Å². The zero-order chi connectivity index (χ0) is 44.9. The summed E-state index contributed by atoms with van der Waals surface area (Å²) in [6, 6.07) is 20.6. The molecule has 0 radical (unpaired) electrons. The van der Waals surface area contributed by atoms with E-state index in [1.165, 1.54) is 6.92 Å². The number of hydrogen-bond acceptors (Lipinski definition) is 17. The first-order valence-corrected chi connectivity index (χ1v) is 20.7. The van der Waals surface area contributed by atoms with Gasteiger partial charge in [-0.25, -0.2) is 9.59 Å². The van der Waals surface area contributed by atoms with Crippen LogP contribution in [0.4, 0.5) is 9.59 Å². The summed E-state index contributed by atoms with van der Waals surface area (Å²) in [5, 5.41) is 84.4. The van der Waals surface area contributed by atoms with Gasteiger partial charge < -0.3 is 85.9 Å². The Hall–Kier alpha value is -4.81. The van der Waals surface area contributed by atoms with Gasteiger partial charge in [-0.1, -0.05) is 78.9 Å². The van der Waals surface area contributed by atoms with Crippen molar-refractivity contribution in [3.8, 4) is 11.1 Å². The monoisotopic (exact) mass is 882 g/mol. The van der Waals surface area contributed by atoms with Gasteiger partial charge in [0.15, 0.2) is 12.6 Å². The molecule has 0 bridgehead atoms. The fourth-order valence-corrected chi connectivity index (χ4v) is 8.61. The lowest BCUT2D eigenvalue weighted by Crippen LogP contribution is -2.69. The molecule has 2 aliphatic carbocycles. The van der Waals surface area contributed by atoms with E-state index in [9.17, 15) is 50.1 Å². The van der Waals surface area contributed by atoms with Crippen molar-refractivity contribution < 1.29 is 78.6 Å². The van der Waals surface area contributed by atoms with E-state index in [0.29, 0.717) is 0 Å². The van der Waals surface area contributed by atoms with Crippen molar-refractivity contribution in [2.45, 2.75) is 118 Å². The number of carbonyl (C=O) groups excluding carboxylic acids is 3. The van der Waals surface area contributed by atoms with E-state index < -0.39 is 123 Å².